The summed E-state index contributed by atoms with van der Waals surface area (Å²) in [5.41, 5.74) is 4.30. The second-order valence-electron chi connectivity index (χ2n) is 5.42. The molecular formula is C13H17F3N2O2. The Labute approximate surface area is 115 Å². The summed E-state index contributed by atoms with van der Waals surface area (Å²) in [7, 11) is 0. The smallest absolute Gasteiger partial charge is 0.417 e. The third-order valence-corrected chi connectivity index (χ3v) is 2.29. The SMILES string of the molecule is CC(C)(C)OC(=O)C(N)Cc1cncc(C(F)(F)F)c1. The zero-order valence-corrected chi connectivity index (χ0v) is 11.5. The van der Waals surface area contributed by atoms with E-state index in [1.165, 1.54) is 6.20 Å². The van der Waals surface area contributed by atoms with Crippen molar-refractivity contribution < 1.29 is 22.7 Å². The zero-order valence-electron chi connectivity index (χ0n) is 11.5. The molecule has 0 radical (unpaired) electrons. The van der Waals surface area contributed by atoms with Gasteiger partial charge in [0.2, 0.25) is 0 Å². The number of alkyl halides is 3. The van der Waals surface area contributed by atoms with E-state index in [9.17, 15) is 18.0 Å². The van der Waals surface area contributed by atoms with Crippen LogP contribution < -0.4 is 5.73 Å². The van der Waals surface area contributed by atoms with Crippen LogP contribution in [0.25, 0.3) is 0 Å². The number of nitrogens with zero attached hydrogens (tertiary/aromatic N) is 1. The number of aromatic nitrogens is 1. The normalized spacial score (nSPS) is 13.9. The van der Waals surface area contributed by atoms with Gasteiger partial charge in [-0.15, -0.1) is 0 Å². The highest BCUT2D eigenvalue weighted by molar-refractivity contribution is 5.76. The Morgan fingerprint density at radius 2 is 1.95 bits per heavy atom. The van der Waals surface area contributed by atoms with Gasteiger partial charge < -0.3 is 10.5 Å². The third-order valence-electron chi connectivity index (χ3n) is 2.29. The van der Waals surface area contributed by atoms with Gasteiger partial charge in [0.1, 0.15) is 11.6 Å². The molecule has 0 aliphatic rings. The lowest BCUT2D eigenvalue weighted by atomic mass is 10.1. The maximum absolute atomic E-state index is 12.5. The Morgan fingerprint density at radius 3 is 2.45 bits per heavy atom. The highest BCUT2D eigenvalue weighted by atomic mass is 19.4. The van der Waals surface area contributed by atoms with Crippen molar-refractivity contribution >= 4 is 5.97 Å². The van der Waals surface area contributed by atoms with E-state index in [2.05, 4.69) is 4.98 Å². The molecule has 1 rings (SSSR count). The van der Waals surface area contributed by atoms with E-state index in [1.54, 1.807) is 20.8 Å². The van der Waals surface area contributed by atoms with Gasteiger partial charge in [0.15, 0.2) is 0 Å². The molecule has 0 aliphatic carbocycles. The lowest BCUT2D eigenvalue weighted by Crippen LogP contribution is -2.38. The molecular weight excluding hydrogens is 273 g/mol. The Morgan fingerprint density at radius 1 is 1.35 bits per heavy atom. The monoisotopic (exact) mass is 290 g/mol. The molecule has 1 aromatic rings. The van der Waals surface area contributed by atoms with E-state index in [4.69, 9.17) is 10.5 Å². The Kier molecular flexibility index (Phi) is 4.75. The summed E-state index contributed by atoms with van der Waals surface area (Å²) < 4.78 is 42.6. The summed E-state index contributed by atoms with van der Waals surface area (Å²) in [6, 6.07) is -0.100. The molecule has 0 aliphatic heterocycles. The van der Waals surface area contributed by atoms with Crippen molar-refractivity contribution in [2.75, 3.05) is 0 Å². The number of hydrogen-bond acceptors (Lipinski definition) is 4. The lowest BCUT2D eigenvalue weighted by Gasteiger charge is -2.22. The lowest BCUT2D eigenvalue weighted by molar-refractivity contribution is -0.156. The maximum Gasteiger partial charge on any atom is 0.417 e. The molecule has 7 heteroatoms. The van der Waals surface area contributed by atoms with E-state index in [1.807, 2.05) is 0 Å². The van der Waals surface area contributed by atoms with E-state index in [-0.39, 0.29) is 12.0 Å². The van der Waals surface area contributed by atoms with Crippen molar-refractivity contribution in [2.45, 2.75) is 45.0 Å². The van der Waals surface area contributed by atoms with Crippen LogP contribution in [0.4, 0.5) is 13.2 Å². The number of rotatable bonds is 3. The molecule has 2 N–H and O–H groups in total. The van der Waals surface area contributed by atoms with Crippen molar-refractivity contribution in [1.82, 2.24) is 4.98 Å². The van der Waals surface area contributed by atoms with Gasteiger partial charge in [-0.25, -0.2) is 0 Å². The van der Waals surface area contributed by atoms with E-state index < -0.39 is 29.4 Å². The summed E-state index contributed by atoms with van der Waals surface area (Å²) >= 11 is 0. The number of hydrogen-bond donors (Lipinski definition) is 1. The molecule has 0 bridgehead atoms. The molecule has 112 valence electrons. The molecule has 0 amide bonds. The van der Waals surface area contributed by atoms with Crippen LogP contribution in [0.2, 0.25) is 0 Å². The summed E-state index contributed by atoms with van der Waals surface area (Å²) in [6.07, 6.45) is -2.56. The standard InChI is InChI=1S/C13H17F3N2O2/c1-12(2,3)20-11(19)10(17)5-8-4-9(7-18-6-8)13(14,15)16/h4,6-7,10H,5,17H2,1-3H3. The first kappa shape index (κ1) is 16.4. The molecule has 0 saturated heterocycles. The van der Waals surface area contributed by atoms with Gasteiger partial charge in [-0.3, -0.25) is 9.78 Å². The second kappa shape index (κ2) is 5.78. The predicted molar refractivity (Wildman–Crippen MR) is 66.8 cm³/mol. The van der Waals surface area contributed by atoms with Crippen LogP contribution in [0.1, 0.15) is 31.9 Å². The average molecular weight is 290 g/mol. The number of ether oxygens (including phenoxy) is 1. The van der Waals surface area contributed by atoms with Gasteiger partial charge in [0.05, 0.1) is 5.56 Å². The Bertz CT molecular complexity index is 481. The van der Waals surface area contributed by atoms with Crippen molar-refractivity contribution in [3.8, 4) is 0 Å². The van der Waals surface area contributed by atoms with E-state index in [0.29, 0.717) is 0 Å². The first-order chi connectivity index (χ1) is 8.99. The Hall–Kier alpha value is -1.63. The molecule has 0 spiro atoms. The summed E-state index contributed by atoms with van der Waals surface area (Å²) in [4.78, 5) is 15.2. The van der Waals surface area contributed by atoms with Crippen molar-refractivity contribution in [1.29, 1.82) is 0 Å². The molecule has 1 heterocycles. The molecule has 0 saturated carbocycles. The summed E-state index contributed by atoms with van der Waals surface area (Å²) in [6.45, 7) is 5.05. The first-order valence-electron chi connectivity index (χ1n) is 5.98. The largest absolute Gasteiger partial charge is 0.459 e. The van der Waals surface area contributed by atoms with Crippen LogP contribution in [-0.4, -0.2) is 22.6 Å². The third kappa shape index (κ3) is 5.16. The molecule has 1 atom stereocenters. The number of nitrogens with two attached hydrogens (primary N) is 1. The maximum atomic E-state index is 12.5. The van der Waals surface area contributed by atoms with Crippen molar-refractivity contribution in [3.05, 3.63) is 29.6 Å². The second-order valence-corrected chi connectivity index (χ2v) is 5.42. The first-order valence-corrected chi connectivity index (χ1v) is 5.98. The predicted octanol–water partition coefficient (Wildman–Crippen LogP) is 2.31. The van der Waals surface area contributed by atoms with Crippen LogP contribution in [0, 0.1) is 0 Å². The van der Waals surface area contributed by atoms with Gasteiger partial charge in [-0.05, 0) is 38.8 Å². The molecule has 20 heavy (non-hydrogen) atoms. The number of carbonyl (C=O) groups excluding carboxylic acids is 1. The molecule has 0 fully saturated rings. The minimum atomic E-state index is -4.47. The zero-order chi connectivity index (χ0) is 15.6. The summed E-state index contributed by atoms with van der Waals surface area (Å²) in [5, 5.41) is 0. The van der Waals surface area contributed by atoms with Gasteiger partial charge >= 0.3 is 12.1 Å². The quantitative estimate of drug-likeness (QED) is 0.868. The van der Waals surface area contributed by atoms with Crippen LogP contribution in [-0.2, 0) is 22.1 Å². The minimum absolute atomic E-state index is 0.0637. The number of carbonyl (C=O) groups is 1. The molecule has 1 aromatic heterocycles. The molecule has 1 unspecified atom stereocenters. The number of esters is 1. The molecule has 0 aromatic carbocycles. The fourth-order valence-corrected chi connectivity index (χ4v) is 1.47. The highest BCUT2D eigenvalue weighted by Crippen LogP contribution is 2.29. The van der Waals surface area contributed by atoms with Crippen molar-refractivity contribution in [2.24, 2.45) is 5.73 Å². The summed E-state index contributed by atoms with van der Waals surface area (Å²) in [5.74, 6) is -0.657. The van der Waals surface area contributed by atoms with Crippen LogP contribution in [0.15, 0.2) is 18.5 Å². The van der Waals surface area contributed by atoms with Crippen LogP contribution >= 0.6 is 0 Å². The van der Waals surface area contributed by atoms with Crippen LogP contribution in [0.5, 0.6) is 0 Å². The van der Waals surface area contributed by atoms with Gasteiger partial charge in [0, 0.05) is 12.4 Å². The molecule has 4 nitrogen and oxygen atoms in total. The van der Waals surface area contributed by atoms with Gasteiger partial charge in [-0.1, -0.05) is 0 Å². The number of pyridine rings is 1. The fraction of sp³-hybridized carbons (Fsp3) is 0.538. The highest BCUT2D eigenvalue weighted by Gasteiger charge is 2.31. The Balaban J connectivity index is 2.76. The topological polar surface area (TPSA) is 65.2 Å². The van der Waals surface area contributed by atoms with Gasteiger partial charge in [0.25, 0.3) is 0 Å². The van der Waals surface area contributed by atoms with E-state index in [0.717, 1.165) is 12.3 Å². The van der Waals surface area contributed by atoms with Crippen LogP contribution in [0.3, 0.4) is 0 Å². The average Bonchev–Trinajstić information content (AvgIpc) is 2.25. The fourth-order valence-electron chi connectivity index (χ4n) is 1.47. The number of halogens is 3. The van der Waals surface area contributed by atoms with E-state index >= 15 is 0 Å². The minimum Gasteiger partial charge on any atom is -0.459 e. The van der Waals surface area contributed by atoms with Crippen molar-refractivity contribution in [3.63, 3.8) is 0 Å². The van der Waals surface area contributed by atoms with Gasteiger partial charge in [-0.2, -0.15) is 13.2 Å².